The van der Waals surface area contributed by atoms with Crippen LogP contribution in [-0.4, -0.2) is 101 Å². The molecule has 3 aliphatic rings. The number of hydrogen-bond acceptors (Lipinski definition) is 8. The lowest BCUT2D eigenvalue weighted by atomic mass is 9.79. The van der Waals surface area contributed by atoms with Gasteiger partial charge >= 0.3 is 5.97 Å². The number of nitrogens with one attached hydrogen (secondary N) is 2. The molecule has 3 heterocycles. The van der Waals surface area contributed by atoms with Crippen molar-refractivity contribution in [3.8, 4) is 0 Å². The number of aliphatic imine (C=N–C) groups is 1. The molecule has 3 aliphatic heterocycles. The van der Waals surface area contributed by atoms with Gasteiger partial charge in [-0.25, -0.2) is 4.79 Å². The molecule has 2 saturated heterocycles. The van der Waals surface area contributed by atoms with E-state index in [1.165, 1.54) is 16.7 Å². The summed E-state index contributed by atoms with van der Waals surface area (Å²) in [5.74, 6) is -2.50. The van der Waals surface area contributed by atoms with E-state index in [0.717, 1.165) is 0 Å². The van der Waals surface area contributed by atoms with Gasteiger partial charge in [0.25, 0.3) is 0 Å². The van der Waals surface area contributed by atoms with Gasteiger partial charge < -0.3 is 31.1 Å². The molecule has 11 nitrogen and oxygen atoms in total. The topological polar surface area (TPSA) is 161 Å². The van der Waals surface area contributed by atoms with Crippen LogP contribution in [0.25, 0.3) is 0 Å². The van der Waals surface area contributed by atoms with E-state index in [1.54, 1.807) is 6.92 Å². The van der Waals surface area contributed by atoms with Crippen LogP contribution in [0.5, 0.6) is 0 Å². The molecule has 2 amide bonds. The zero-order valence-corrected chi connectivity index (χ0v) is 19.6. The van der Waals surface area contributed by atoms with Gasteiger partial charge in [-0.1, -0.05) is 6.92 Å². The molecule has 6 atom stereocenters. The minimum atomic E-state index is -1.15. The van der Waals surface area contributed by atoms with Crippen LogP contribution < -0.4 is 16.4 Å². The summed E-state index contributed by atoms with van der Waals surface area (Å²) in [5.41, 5.74) is 5.79. The Bertz CT molecular complexity index is 844. The molecule has 0 aromatic carbocycles. The number of carbonyl (C=O) groups excluding carboxylic acids is 2. The Morgan fingerprint density at radius 1 is 1.44 bits per heavy atom. The number of nitrogens with zero attached hydrogens (tertiary/aromatic N) is 3. The summed E-state index contributed by atoms with van der Waals surface area (Å²) in [7, 11) is 3.84. The smallest absolute Gasteiger partial charge is 0.353 e. The van der Waals surface area contributed by atoms with Gasteiger partial charge in [-0.05, 0) is 27.4 Å². The molecule has 0 spiro atoms. The Kier molecular flexibility index (Phi) is 7.48. The molecule has 178 valence electrons. The standard InChI is InChI=1S/C20H32N6O5S/c1-9-14-13(10(2)27)18(29)26(14)15(19(30)31)16(9)32-11-7-12(23-8-11)17(28)24-20(21)22-5-6-25(3)4/h9-14,23,27H,5-8H2,1-4H3,(H,30,31)(H3,21,22,24,28)/t9-,10-,11+,12+,13-,14-/m1/s1. The monoisotopic (exact) mass is 468 g/mol. The first-order valence-electron chi connectivity index (χ1n) is 10.7. The quantitative estimate of drug-likeness (QED) is 0.164. The summed E-state index contributed by atoms with van der Waals surface area (Å²) in [4.78, 5) is 44.9. The molecule has 0 radical (unpaired) electrons. The third kappa shape index (κ3) is 4.77. The number of carbonyl (C=O) groups is 3. The average molecular weight is 469 g/mol. The van der Waals surface area contributed by atoms with Crippen molar-refractivity contribution < 1.29 is 24.6 Å². The number of amides is 2. The number of aliphatic carboxylic acids is 1. The summed E-state index contributed by atoms with van der Waals surface area (Å²) in [5, 5.41) is 25.4. The molecule has 2 fully saturated rings. The Hall–Kier alpha value is -2.15. The van der Waals surface area contributed by atoms with Crippen LogP contribution in [0.1, 0.15) is 20.3 Å². The maximum absolute atomic E-state index is 12.5. The fraction of sp³-hybridized carbons (Fsp3) is 0.700. The molecular weight excluding hydrogens is 436 g/mol. The number of fused-ring (bicyclic) bond motifs is 1. The van der Waals surface area contributed by atoms with Gasteiger partial charge in [0.1, 0.15) is 5.70 Å². The largest absolute Gasteiger partial charge is 0.477 e. The second-order valence-electron chi connectivity index (χ2n) is 8.77. The molecule has 32 heavy (non-hydrogen) atoms. The molecular formula is C20H32N6O5S. The lowest BCUT2D eigenvalue weighted by molar-refractivity contribution is -0.163. The van der Waals surface area contributed by atoms with Crippen LogP contribution in [0.15, 0.2) is 15.6 Å². The van der Waals surface area contributed by atoms with Crippen molar-refractivity contribution in [2.24, 2.45) is 22.6 Å². The molecule has 3 rings (SSSR count). The predicted molar refractivity (Wildman–Crippen MR) is 121 cm³/mol. The van der Waals surface area contributed by atoms with Crippen molar-refractivity contribution in [3.05, 3.63) is 10.6 Å². The minimum Gasteiger partial charge on any atom is -0.477 e. The summed E-state index contributed by atoms with van der Waals surface area (Å²) >= 11 is 1.39. The number of carboxylic acids is 1. The highest BCUT2D eigenvalue weighted by atomic mass is 32.2. The molecule has 0 saturated carbocycles. The number of aliphatic hydroxyl groups is 1. The highest BCUT2D eigenvalue weighted by Gasteiger charge is 2.60. The number of guanidine groups is 1. The van der Waals surface area contributed by atoms with E-state index in [9.17, 15) is 24.6 Å². The summed E-state index contributed by atoms with van der Waals surface area (Å²) in [6, 6.07) is -0.813. The van der Waals surface area contributed by atoms with Gasteiger partial charge in [-0.3, -0.25) is 19.9 Å². The fourth-order valence-electron chi connectivity index (χ4n) is 4.47. The van der Waals surface area contributed by atoms with E-state index < -0.39 is 24.0 Å². The third-order valence-corrected chi connectivity index (χ3v) is 7.60. The number of carboxylic acid groups (broad SMARTS) is 1. The van der Waals surface area contributed by atoms with E-state index in [-0.39, 0.29) is 40.7 Å². The number of thioether (sulfide) groups is 1. The number of hydrogen-bond donors (Lipinski definition) is 5. The Balaban J connectivity index is 1.62. The van der Waals surface area contributed by atoms with Crippen LogP contribution in [0.4, 0.5) is 0 Å². The van der Waals surface area contributed by atoms with E-state index >= 15 is 0 Å². The molecule has 0 aromatic heterocycles. The van der Waals surface area contributed by atoms with Crippen molar-refractivity contribution in [2.45, 2.75) is 43.7 Å². The molecule has 0 unspecified atom stereocenters. The number of nitrogens with two attached hydrogens (primary N) is 1. The summed E-state index contributed by atoms with van der Waals surface area (Å²) in [6.07, 6.45) is -0.347. The van der Waals surface area contributed by atoms with Gasteiger partial charge in [0.15, 0.2) is 5.96 Å². The lowest BCUT2D eigenvalue weighted by Crippen LogP contribution is -2.63. The number of β-lactam (4-membered cyclic amide) rings is 1. The zero-order valence-electron chi connectivity index (χ0n) is 18.7. The van der Waals surface area contributed by atoms with Crippen molar-refractivity contribution in [1.29, 1.82) is 0 Å². The first-order valence-corrected chi connectivity index (χ1v) is 11.5. The van der Waals surface area contributed by atoms with Gasteiger partial charge in [-0.15, -0.1) is 11.8 Å². The van der Waals surface area contributed by atoms with Crippen molar-refractivity contribution in [1.82, 2.24) is 20.4 Å². The number of likely N-dealkylation sites (N-methyl/N-ethyl adjacent to an activating group) is 1. The number of aliphatic hydroxyl groups excluding tert-OH is 1. The van der Waals surface area contributed by atoms with Crippen LogP contribution in [0.2, 0.25) is 0 Å². The predicted octanol–water partition coefficient (Wildman–Crippen LogP) is -1.40. The van der Waals surface area contributed by atoms with E-state index in [1.807, 2.05) is 25.9 Å². The maximum Gasteiger partial charge on any atom is 0.353 e. The second-order valence-corrected chi connectivity index (χ2v) is 10.1. The lowest BCUT2D eigenvalue weighted by Gasteiger charge is -2.46. The molecule has 0 aromatic rings. The van der Waals surface area contributed by atoms with Crippen molar-refractivity contribution >= 4 is 35.5 Å². The Morgan fingerprint density at radius 3 is 2.72 bits per heavy atom. The molecule has 12 heteroatoms. The second kappa shape index (κ2) is 9.77. The van der Waals surface area contributed by atoms with Gasteiger partial charge in [-0.2, -0.15) is 0 Å². The minimum absolute atomic E-state index is 0.000397. The van der Waals surface area contributed by atoms with Crippen LogP contribution in [-0.2, 0) is 14.4 Å². The highest BCUT2D eigenvalue weighted by molar-refractivity contribution is 8.03. The third-order valence-electron chi connectivity index (χ3n) is 6.09. The summed E-state index contributed by atoms with van der Waals surface area (Å²) < 4.78 is 0. The molecule has 0 aliphatic carbocycles. The van der Waals surface area contributed by atoms with E-state index in [4.69, 9.17) is 5.73 Å². The number of rotatable bonds is 8. The normalized spacial score (nSPS) is 31.1. The summed E-state index contributed by atoms with van der Waals surface area (Å²) in [6.45, 7) is 5.14. The Morgan fingerprint density at radius 2 is 2.12 bits per heavy atom. The van der Waals surface area contributed by atoms with E-state index in [0.29, 0.717) is 31.0 Å². The fourth-order valence-corrected chi connectivity index (χ4v) is 5.95. The van der Waals surface area contributed by atoms with Crippen molar-refractivity contribution in [2.75, 3.05) is 33.7 Å². The Labute approximate surface area is 191 Å². The van der Waals surface area contributed by atoms with Crippen LogP contribution in [0, 0.1) is 11.8 Å². The van der Waals surface area contributed by atoms with Crippen LogP contribution >= 0.6 is 11.8 Å². The van der Waals surface area contributed by atoms with Gasteiger partial charge in [0.05, 0.1) is 30.7 Å². The first-order chi connectivity index (χ1) is 15.0. The highest BCUT2D eigenvalue weighted by Crippen LogP contribution is 2.51. The SMILES string of the molecule is C[C@@H](O)[C@H]1C(=O)N2C(C(=O)O)=C(S[C@@H]3CN[C@H](C(=O)NC(N)=NCCN(C)C)C3)[C@H](C)[C@H]12. The van der Waals surface area contributed by atoms with Gasteiger partial charge in [0, 0.05) is 29.2 Å². The first kappa shape index (κ1) is 24.5. The zero-order chi connectivity index (χ0) is 23.7. The maximum atomic E-state index is 12.5. The van der Waals surface area contributed by atoms with E-state index in [2.05, 4.69) is 15.6 Å². The molecule has 0 bridgehead atoms. The molecule has 6 N–H and O–H groups in total. The van der Waals surface area contributed by atoms with Crippen LogP contribution in [0.3, 0.4) is 0 Å². The average Bonchev–Trinajstić information content (AvgIpc) is 3.24. The van der Waals surface area contributed by atoms with Crippen molar-refractivity contribution in [3.63, 3.8) is 0 Å². The van der Waals surface area contributed by atoms with Gasteiger partial charge in [0.2, 0.25) is 11.8 Å².